The molecule has 0 aromatic heterocycles. The monoisotopic (exact) mass is 288 g/mol. The quantitative estimate of drug-likeness (QED) is 0.608. The standard InChI is InChI=1S/C21H20O/c1-3-16-4-6-17(7-5-16)18-8-10-19(11-9-18)20-12-14-21(22-2)15-13-20/h4-15H,3H2,1-2H3. The third-order valence-corrected chi connectivity index (χ3v) is 4.00. The zero-order chi connectivity index (χ0) is 15.4. The van der Waals surface area contributed by atoms with Gasteiger partial charge in [0.15, 0.2) is 0 Å². The lowest BCUT2D eigenvalue weighted by Gasteiger charge is -2.07. The summed E-state index contributed by atoms with van der Waals surface area (Å²) in [5.74, 6) is 0.886. The van der Waals surface area contributed by atoms with Gasteiger partial charge in [-0.15, -0.1) is 0 Å². The van der Waals surface area contributed by atoms with Gasteiger partial charge in [0.05, 0.1) is 7.11 Å². The molecule has 0 aliphatic heterocycles. The molecule has 0 unspecified atom stereocenters. The van der Waals surface area contributed by atoms with E-state index in [1.165, 1.54) is 27.8 Å². The van der Waals surface area contributed by atoms with Crippen molar-refractivity contribution in [3.63, 3.8) is 0 Å². The molecule has 0 spiro atoms. The van der Waals surface area contributed by atoms with Crippen LogP contribution in [0.2, 0.25) is 0 Å². The van der Waals surface area contributed by atoms with Crippen LogP contribution in [0.15, 0.2) is 72.8 Å². The molecule has 0 saturated heterocycles. The average molecular weight is 288 g/mol. The third-order valence-electron chi connectivity index (χ3n) is 4.00. The van der Waals surface area contributed by atoms with Crippen molar-refractivity contribution in [3.05, 3.63) is 78.4 Å². The molecule has 0 aliphatic rings. The largest absolute Gasteiger partial charge is 0.497 e. The van der Waals surface area contributed by atoms with Gasteiger partial charge < -0.3 is 4.74 Å². The summed E-state index contributed by atoms with van der Waals surface area (Å²) in [5, 5.41) is 0. The molecular weight excluding hydrogens is 268 g/mol. The molecule has 0 atom stereocenters. The van der Waals surface area contributed by atoms with Crippen LogP contribution < -0.4 is 4.74 Å². The molecule has 0 radical (unpaired) electrons. The van der Waals surface area contributed by atoms with Gasteiger partial charge in [0.1, 0.15) is 5.75 Å². The Morgan fingerprint density at radius 1 is 0.591 bits per heavy atom. The number of rotatable bonds is 4. The molecule has 0 aliphatic carbocycles. The Labute approximate surface area is 132 Å². The van der Waals surface area contributed by atoms with Gasteiger partial charge in [0.2, 0.25) is 0 Å². The van der Waals surface area contributed by atoms with Gasteiger partial charge in [-0.1, -0.05) is 67.6 Å². The van der Waals surface area contributed by atoms with E-state index in [0.717, 1.165) is 12.2 Å². The second-order valence-corrected chi connectivity index (χ2v) is 5.36. The summed E-state index contributed by atoms with van der Waals surface area (Å²) in [5.41, 5.74) is 6.31. The fraction of sp³-hybridized carbons (Fsp3) is 0.143. The minimum Gasteiger partial charge on any atom is -0.497 e. The molecule has 0 saturated carbocycles. The van der Waals surface area contributed by atoms with Crippen molar-refractivity contribution in [2.24, 2.45) is 0 Å². The third kappa shape index (κ3) is 3.04. The summed E-state index contributed by atoms with van der Waals surface area (Å²) in [7, 11) is 1.69. The molecule has 3 aromatic rings. The number of aryl methyl sites for hydroxylation is 1. The van der Waals surface area contributed by atoms with Gasteiger partial charge in [-0.2, -0.15) is 0 Å². The van der Waals surface area contributed by atoms with Crippen molar-refractivity contribution in [2.75, 3.05) is 7.11 Å². The number of hydrogen-bond donors (Lipinski definition) is 0. The molecule has 1 nitrogen and oxygen atoms in total. The normalized spacial score (nSPS) is 10.5. The molecule has 22 heavy (non-hydrogen) atoms. The second-order valence-electron chi connectivity index (χ2n) is 5.36. The van der Waals surface area contributed by atoms with Crippen molar-refractivity contribution in [1.29, 1.82) is 0 Å². The number of ether oxygens (including phenoxy) is 1. The summed E-state index contributed by atoms with van der Waals surface area (Å²) < 4.78 is 5.20. The fourth-order valence-corrected chi connectivity index (χ4v) is 2.57. The Morgan fingerprint density at radius 3 is 1.32 bits per heavy atom. The highest BCUT2D eigenvalue weighted by Crippen LogP contribution is 2.26. The van der Waals surface area contributed by atoms with Gasteiger partial charge in [-0.05, 0) is 46.4 Å². The lowest BCUT2D eigenvalue weighted by Crippen LogP contribution is -1.84. The van der Waals surface area contributed by atoms with E-state index in [1.54, 1.807) is 7.11 Å². The van der Waals surface area contributed by atoms with Gasteiger partial charge in [0.25, 0.3) is 0 Å². The Bertz CT molecular complexity index is 656. The predicted molar refractivity (Wildman–Crippen MR) is 93.2 cm³/mol. The zero-order valence-corrected chi connectivity index (χ0v) is 13.0. The van der Waals surface area contributed by atoms with Crippen LogP contribution in [-0.2, 0) is 6.42 Å². The molecule has 3 rings (SSSR count). The lowest BCUT2D eigenvalue weighted by molar-refractivity contribution is 0.415. The van der Waals surface area contributed by atoms with Gasteiger partial charge in [-0.3, -0.25) is 0 Å². The number of methoxy groups -OCH3 is 1. The first-order valence-electron chi connectivity index (χ1n) is 7.64. The van der Waals surface area contributed by atoms with Crippen LogP contribution in [0.3, 0.4) is 0 Å². The molecule has 1 heteroatoms. The second kappa shape index (κ2) is 6.48. The van der Waals surface area contributed by atoms with E-state index in [4.69, 9.17) is 4.74 Å². The molecule has 0 amide bonds. The van der Waals surface area contributed by atoms with E-state index in [0.29, 0.717) is 0 Å². The maximum Gasteiger partial charge on any atom is 0.118 e. The van der Waals surface area contributed by atoms with E-state index in [1.807, 2.05) is 12.1 Å². The van der Waals surface area contributed by atoms with Crippen LogP contribution >= 0.6 is 0 Å². The first kappa shape index (κ1) is 14.4. The molecule has 0 bridgehead atoms. The molecule has 3 aromatic carbocycles. The van der Waals surface area contributed by atoms with Crippen molar-refractivity contribution < 1.29 is 4.74 Å². The molecule has 0 fully saturated rings. The van der Waals surface area contributed by atoms with Crippen LogP contribution in [0.1, 0.15) is 12.5 Å². The Kier molecular flexibility index (Phi) is 4.24. The van der Waals surface area contributed by atoms with Crippen molar-refractivity contribution in [1.82, 2.24) is 0 Å². The first-order valence-corrected chi connectivity index (χ1v) is 7.64. The molecule has 0 N–H and O–H groups in total. The Hall–Kier alpha value is -2.54. The summed E-state index contributed by atoms with van der Waals surface area (Å²) in [6.45, 7) is 2.18. The van der Waals surface area contributed by atoms with Gasteiger partial charge >= 0.3 is 0 Å². The summed E-state index contributed by atoms with van der Waals surface area (Å²) >= 11 is 0. The van der Waals surface area contributed by atoms with E-state index in [9.17, 15) is 0 Å². The Balaban J connectivity index is 1.84. The lowest BCUT2D eigenvalue weighted by atomic mass is 9.99. The minimum absolute atomic E-state index is 0.886. The van der Waals surface area contributed by atoms with Crippen molar-refractivity contribution in [3.8, 4) is 28.0 Å². The first-order chi connectivity index (χ1) is 10.8. The predicted octanol–water partition coefficient (Wildman–Crippen LogP) is 5.59. The van der Waals surface area contributed by atoms with Crippen LogP contribution in [0, 0.1) is 0 Å². The maximum absolute atomic E-state index is 5.20. The molecular formula is C21H20O. The number of hydrogen-bond acceptors (Lipinski definition) is 1. The minimum atomic E-state index is 0.886. The fourth-order valence-electron chi connectivity index (χ4n) is 2.57. The topological polar surface area (TPSA) is 9.23 Å². The van der Waals surface area contributed by atoms with E-state index in [2.05, 4.69) is 67.6 Å². The molecule has 110 valence electrons. The summed E-state index contributed by atoms with van der Waals surface area (Å²) in [6.07, 6.45) is 1.08. The van der Waals surface area contributed by atoms with Crippen LogP contribution in [0.4, 0.5) is 0 Å². The highest BCUT2D eigenvalue weighted by Gasteiger charge is 2.01. The van der Waals surface area contributed by atoms with Gasteiger partial charge in [0, 0.05) is 0 Å². The SMILES string of the molecule is CCc1ccc(-c2ccc(-c3ccc(OC)cc3)cc2)cc1. The summed E-state index contributed by atoms with van der Waals surface area (Å²) in [4.78, 5) is 0. The Morgan fingerprint density at radius 2 is 0.955 bits per heavy atom. The average Bonchev–Trinajstić information content (AvgIpc) is 2.62. The highest BCUT2D eigenvalue weighted by molar-refractivity contribution is 5.70. The molecule has 0 heterocycles. The van der Waals surface area contributed by atoms with Crippen LogP contribution in [-0.4, -0.2) is 7.11 Å². The van der Waals surface area contributed by atoms with E-state index < -0.39 is 0 Å². The van der Waals surface area contributed by atoms with E-state index >= 15 is 0 Å². The van der Waals surface area contributed by atoms with Crippen LogP contribution in [0.25, 0.3) is 22.3 Å². The summed E-state index contributed by atoms with van der Waals surface area (Å²) in [6, 6.07) is 25.7. The maximum atomic E-state index is 5.20. The highest BCUT2D eigenvalue weighted by atomic mass is 16.5. The van der Waals surface area contributed by atoms with Crippen molar-refractivity contribution in [2.45, 2.75) is 13.3 Å². The number of benzene rings is 3. The van der Waals surface area contributed by atoms with Crippen LogP contribution in [0.5, 0.6) is 5.75 Å². The smallest absolute Gasteiger partial charge is 0.118 e. The zero-order valence-electron chi connectivity index (χ0n) is 13.0. The van der Waals surface area contributed by atoms with Crippen molar-refractivity contribution >= 4 is 0 Å². The van der Waals surface area contributed by atoms with E-state index in [-0.39, 0.29) is 0 Å². The van der Waals surface area contributed by atoms with Gasteiger partial charge in [-0.25, -0.2) is 0 Å².